The summed E-state index contributed by atoms with van der Waals surface area (Å²) in [6.45, 7) is 0. The minimum absolute atomic E-state index is 0.0476. The third-order valence-corrected chi connectivity index (χ3v) is 5.11. The molecule has 3 nitrogen and oxygen atoms in total. The van der Waals surface area contributed by atoms with Gasteiger partial charge in [-0.1, -0.05) is 48.5 Å². The highest BCUT2D eigenvalue weighted by atomic mass is 16.3. The normalized spacial score (nSPS) is 26.7. The highest BCUT2D eigenvalue weighted by Crippen LogP contribution is 2.51. The van der Waals surface area contributed by atoms with Crippen molar-refractivity contribution in [3.63, 3.8) is 0 Å². The number of hydrogen-bond acceptors (Lipinski definition) is 3. The zero-order chi connectivity index (χ0) is 15.3. The first kappa shape index (κ1) is 13.4. The second-order valence-electron chi connectivity index (χ2n) is 6.23. The van der Waals surface area contributed by atoms with E-state index in [1.807, 2.05) is 18.2 Å². The lowest BCUT2D eigenvalue weighted by molar-refractivity contribution is 0.00729. The van der Waals surface area contributed by atoms with Gasteiger partial charge in [0.1, 0.15) is 0 Å². The van der Waals surface area contributed by atoms with Crippen LogP contribution in [-0.4, -0.2) is 16.7 Å². The molecule has 1 spiro atoms. The molecule has 3 heteroatoms. The summed E-state index contributed by atoms with van der Waals surface area (Å²) in [5, 5.41) is 10.9. The van der Waals surface area contributed by atoms with E-state index in [2.05, 4.69) is 0 Å². The Kier molecular flexibility index (Phi) is 2.81. The average molecular weight is 292 g/mol. The van der Waals surface area contributed by atoms with Crippen LogP contribution in [0.4, 0.5) is 0 Å². The van der Waals surface area contributed by atoms with E-state index in [1.165, 1.54) is 0 Å². The second kappa shape index (κ2) is 4.62. The Balaban J connectivity index is 1.87. The zero-order valence-electron chi connectivity index (χ0n) is 12.1. The summed E-state index contributed by atoms with van der Waals surface area (Å²) >= 11 is 0. The van der Waals surface area contributed by atoms with E-state index in [9.17, 15) is 14.7 Å². The summed E-state index contributed by atoms with van der Waals surface area (Å²) in [5.41, 5.74) is 1.80. The first-order valence-corrected chi connectivity index (χ1v) is 7.56. The van der Waals surface area contributed by atoms with Crippen LogP contribution in [0.25, 0.3) is 0 Å². The van der Waals surface area contributed by atoms with Gasteiger partial charge in [0.2, 0.25) is 0 Å². The molecule has 0 fully saturated rings. The molecule has 2 aromatic rings. The summed E-state index contributed by atoms with van der Waals surface area (Å²) in [6.07, 6.45) is 0.416. The van der Waals surface area contributed by atoms with Crippen molar-refractivity contribution in [3.05, 3.63) is 70.8 Å². The van der Waals surface area contributed by atoms with Gasteiger partial charge in [0.25, 0.3) is 0 Å². The number of Topliss-reactive ketones (excluding diaryl/α,β-unsaturated/α-hetero) is 2. The quantitative estimate of drug-likeness (QED) is 0.811. The molecule has 1 N–H and O–H groups in total. The van der Waals surface area contributed by atoms with Crippen LogP contribution in [0.2, 0.25) is 0 Å². The van der Waals surface area contributed by atoms with Gasteiger partial charge < -0.3 is 5.11 Å². The fourth-order valence-corrected chi connectivity index (χ4v) is 3.89. The minimum atomic E-state index is -1.00. The van der Waals surface area contributed by atoms with Gasteiger partial charge in [-0.25, -0.2) is 0 Å². The van der Waals surface area contributed by atoms with Crippen LogP contribution in [0, 0.1) is 5.41 Å². The molecular weight excluding hydrogens is 276 g/mol. The number of aryl methyl sites for hydroxylation is 1. The molecule has 4 rings (SSSR count). The fraction of sp³-hybridized carbons (Fsp3) is 0.263. The summed E-state index contributed by atoms with van der Waals surface area (Å²) in [6, 6.07) is 14.6. The smallest absolute Gasteiger partial charge is 0.172 e. The van der Waals surface area contributed by atoms with Gasteiger partial charge in [0, 0.05) is 17.5 Å². The lowest BCUT2D eigenvalue weighted by Gasteiger charge is -2.43. The fourth-order valence-electron chi connectivity index (χ4n) is 3.89. The topological polar surface area (TPSA) is 54.4 Å². The van der Waals surface area contributed by atoms with Gasteiger partial charge >= 0.3 is 0 Å². The third kappa shape index (κ3) is 1.66. The van der Waals surface area contributed by atoms with Crippen LogP contribution >= 0.6 is 0 Å². The van der Waals surface area contributed by atoms with E-state index in [0.717, 1.165) is 5.56 Å². The standard InChI is InChI=1S/C19H16O3/c20-16-11-19(18(22)15-8-4-3-7-14(15)16)10-9-12-5-1-2-6-13(12)17(19)21/h1-8,18,22H,9-11H2/t18-,19+/m1/s1. The molecule has 0 unspecified atom stereocenters. The Labute approximate surface area is 128 Å². The molecular formula is C19H16O3. The minimum Gasteiger partial charge on any atom is -0.387 e. The number of carbonyl (C=O) groups excluding carboxylic acids is 2. The van der Waals surface area contributed by atoms with Gasteiger partial charge in [0.05, 0.1) is 11.5 Å². The van der Waals surface area contributed by atoms with Gasteiger partial charge in [-0.15, -0.1) is 0 Å². The number of benzene rings is 2. The molecule has 2 aromatic carbocycles. The molecule has 0 radical (unpaired) electrons. The molecule has 0 bridgehead atoms. The van der Waals surface area contributed by atoms with Gasteiger partial charge in [-0.3, -0.25) is 9.59 Å². The van der Waals surface area contributed by atoms with E-state index in [4.69, 9.17) is 0 Å². The van der Waals surface area contributed by atoms with Crippen molar-refractivity contribution >= 4 is 11.6 Å². The van der Waals surface area contributed by atoms with Crippen molar-refractivity contribution < 1.29 is 14.7 Å². The maximum absolute atomic E-state index is 13.0. The first-order chi connectivity index (χ1) is 10.6. The van der Waals surface area contributed by atoms with E-state index in [-0.39, 0.29) is 18.0 Å². The van der Waals surface area contributed by atoms with Crippen molar-refractivity contribution in [3.8, 4) is 0 Å². The zero-order valence-corrected chi connectivity index (χ0v) is 12.1. The van der Waals surface area contributed by atoms with Crippen LogP contribution in [0.3, 0.4) is 0 Å². The van der Waals surface area contributed by atoms with Crippen LogP contribution < -0.4 is 0 Å². The molecule has 0 aromatic heterocycles. The largest absolute Gasteiger partial charge is 0.387 e. The second-order valence-corrected chi connectivity index (χ2v) is 6.23. The monoisotopic (exact) mass is 292 g/mol. The number of rotatable bonds is 0. The van der Waals surface area contributed by atoms with E-state index >= 15 is 0 Å². The Morgan fingerprint density at radius 2 is 1.64 bits per heavy atom. The maximum Gasteiger partial charge on any atom is 0.172 e. The average Bonchev–Trinajstić information content (AvgIpc) is 2.56. The third-order valence-electron chi connectivity index (χ3n) is 5.11. The molecule has 0 amide bonds. The summed E-state index contributed by atoms with van der Waals surface area (Å²) in [7, 11) is 0. The molecule has 0 saturated carbocycles. The highest BCUT2D eigenvalue weighted by Gasteiger charge is 2.52. The maximum atomic E-state index is 13.0. The summed E-state index contributed by atoms with van der Waals surface area (Å²) in [4.78, 5) is 25.5. The van der Waals surface area contributed by atoms with Crippen LogP contribution in [0.5, 0.6) is 0 Å². The molecule has 2 aliphatic rings. The lowest BCUT2D eigenvalue weighted by Crippen LogP contribution is -2.46. The Bertz CT molecular complexity index is 793. The van der Waals surface area contributed by atoms with Crippen molar-refractivity contribution in [2.45, 2.75) is 25.4 Å². The predicted molar refractivity (Wildman–Crippen MR) is 81.9 cm³/mol. The van der Waals surface area contributed by atoms with E-state index < -0.39 is 11.5 Å². The molecule has 2 aliphatic carbocycles. The molecule has 2 atom stereocenters. The summed E-state index contributed by atoms with van der Waals surface area (Å²) < 4.78 is 0. The van der Waals surface area contributed by atoms with Crippen LogP contribution in [-0.2, 0) is 6.42 Å². The molecule has 0 aliphatic heterocycles. The van der Waals surface area contributed by atoms with Gasteiger partial charge in [0.15, 0.2) is 11.6 Å². The number of aliphatic hydroxyl groups is 1. The van der Waals surface area contributed by atoms with Crippen LogP contribution in [0.15, 0.2) is 48.5 Å². The van der Waals surface area contributed by atoms with E-state index in [0.29, 0.717) is 29.5 Å². The molecule has 22 heavy (non-hydrogen) atoms. The number of ketones is 2. The Morgan fingerprint density at radius 1 is 0.955 bits per heavy atom. The molecule has 0 saturated heterocycles. The number of hydrogen-bond donors (Lipinski definition) is 1. The summed E-state index contributed by atoms with van der Waals surface area (Å²) in [5.74, 6) is -0.140. The SMILES string of the molecule is O=C1C[C@]2(CCc3ccccc3C2=O)[C@H](O)c2ccccc21. The number of aliphatic hydroxyl groups excluding tert-OH is 1. The molecule has 110 valence electrons. The lowest BCUT2D eigenvalue weighted by atomic mass is 9.60. The van der Waals surface area contributed by atoms with Gasteiger partial charge in [-0.2, -0.15) is 0 Å². The van der Waals surface area contributed by atoms with Gasteiger partial charge in [-0.05, 0) is 24.0 Å². The van der Waals surface area contributed by atoms with Crippen LogP contribution in [0.1, 0.15) is 50.8 Å². The molecule has 0 heterocycles. The number of carbonyl (C=O) groups is 2. The van der Waals surface area contributed by atoms with Crippen molar-refractivity contribution in [1.29, 1.82) is 0 Å². The Morgan fingerprint density at radius 3 is 2.45 bits per heavy atom. The predicted octanol–water partition coefficient (Wildman–Crippen LogP) is 3.12. The highest BCUT2D eigenvalue weighted by molar-refractivity contribution is 6.09. The number of fused-ring (bicyclic) bond motifs is 2. The van der Waals surface area contributed by atoms with Crippen molar-refractivity contribution in [1.82, 2.24) is 0 Å². The van der Waals surface area contributed by atoms with Crippen molar-refractivity contribution in [2.75, 3.05) is 0 Å². The Hall–Kier alpha value is -2.26. The first-order valence-electron chi connectivity index (χ1n) is 7.56. The van der Waals surface area contributed by atoms with Crippen molar-refractivity contribution in [2.24, 2.45) is 5.41 Å². The van der Waals surface area contributed by atoms with E-state index in [1.54, 1.807) is 30.3 Å².